The third kappa shape index (κ3) is 5.19. The summed E-state index contributed by atoms with van der Waals surface area (Å²) in [6, 6.07) is 6.85. The number of benzene rings is 1. The van der Waals surface area contributed by atoms with Gasteiger partial charge in [0.25, 0.3) is 10.2 Å². The van der Waals surface area contributed by atoms with Crippen LogP contribution in [0.25, 0.3) is 0 Å². The molecule has 0 spiro atoms. The van der Waals surface area contributed by atoms with E-state index in [9.17, 15) is 8.42 Å². The molecule has 1 aromatic rings. The third-order valence-electron chi connectivity index (χ3n) is 1.99. The molecule has 0 radical (unpaired) electrons. The summed E-state index contributed by atoms with van der Waals surface area (Å²) in [5.74, 6) is 5.56. The summed E-state index contributed by atoms with van der Waals surface area (Å²) in [5.41, 5.74) is 6.47. The number of anilines is 1. The maximum atomic E-state index is 11.6. The van der Waals surface area contributed by atoms with Crippen molar-refractivity contribution in [3.05, 3.63) is 29.8 Å². The van der Waals surface area contributed by atoms with E-state index in [1.54, 1.807) is 24.3 Å². The lowest BCUT2D eigenvalue weighted by atomic mass is 10.2. The first-order chi connectivity index (χ1) is 8.57. The van der Waals surface area contributed by atoms with Crippen LogP contribution in [0, 0.1) is 11.8 Å². The average molecular weight is 267 g/mol. The molecular weight excluding hydrogens is 250 g/mol. The molecule has 0 amide bonds. The Hall–Kier alpha value is -1.55. The van der Waals surface area contributed by atoms with Gasteiger partial charge < -0.3 is 5.73 Å². The molecule has 6 heteroatoms. The minimum atomic E-state index is -3.51. The SMILES string of the molecule is CCCNS(=O)(=O)Nc1cccc(C#CCN)c1. The number of hydrogen-bond donors (Lipinski definition) is 3. The fraction of sp³-hybridized carbons (Fsp3) is 0.333. The van der Waals surface area contributed by atoms with Crippen molar-refractivity contribution in [1.29, 1.82) is 0 Å². The Kier molecular flexibility index (Phi) is 5.65. The molecule has 0 aliphatic rings. The van der Waals surface area contributed by atoms with Gasteiger partial charge in [0.05, 0.1) is 12.2 Å². The van der Waals surface area contributed by atoms with Crippen LogP contribution >= 0.6 is 0 Å². The summed E-state index contributed by atoms with van der Waals surface area (Å²) in [7, 11) is -3.51. The van der Waals surface area contributed by atoms with Gasteiger partial charge in [-0.2, -0.15) is 13.1 Å². The van der Waals surface area contributed by atoms with Crippen molar-refractivity contribution in [3.63, 3.8) is 0 Å². The van der Waals surface area contributed by atoms with Gasteiger partial charge in [0.15, 0.2) is 0 Å². The Bertz CT molecular complexity index is 544. The summed E-state index contributed by atoms with van der Waals surface area (Å²) in [5, 5.41) is 0. The number of rotatable bonds is 5. The first kappa shape index (κ1) is 14.5. The summed E-state index contributed by atoms with van der Waals surface area (Å²) in [6.07, 6.45) is 0.739. The van der Waals surface area contributed by atoms with E-state index in [-0.39, 0.29) is 6.54 Å². The molecule has 0 saturated heterocycles. The maximum absolute atomic E-state index is 11.6. The molecule has 0 aliphatic carbocycles. The molecule has 0 atom stereocenters. The standard InChI is InChI=1S/C12H17N3O2S/c1-2-9-14-18(16,17)15-12-7-3-5-11(10-12)6-4-8-13/h3,5,7,10,14-15H,2,8-9,13H2,1H3. The van der Waals surface area contributed by atoms with E-state index < -0.39 is 10.2 Å². The van der Waals surface area contributed by atoms with Crippen molar-refractivity contribution >= 4 is 15.9 Å². The Labute approximate surface area is 108 Å². The van der Waals surface area contributed by atoms with Crippen molar-refractivity contribution in [2.24, 2.45) is 5.73 Å². The lowest BCUT2D eigenvalue weighted by Crippen LogP contribution is -2.30. The lowest BCUT2D eigenvalue weighted by molar-refractivity contribution is 0.586. The molecule has 0 aliphatic heterocycles. The van der Waals surface area contributed by atoms with E-state index in [4.69, 9.17) is 5.73 Å². The summed E-state index contributed by atoms with van der Waals surface area (Å²) < 4.78 is 28.1. The minimum absolute atomic E-state index is 0.272. The molecule has 98 valence electrons. The van der Waals surface area contributed by atoms with Crippen LogP contribution in [0.2, 0.25) is 0 Å². The number of nitrogens with two attached hydrogens (primary N) is 1. The smallest absolute Gasteiger partial charge is 0.299 e. The van der Waals surface area contributed by atoms with Gasteiger partial charge in [-0.15, -0.1) is 0 Å². The molecule has 0 aromatic heterocycles. The Morgan fingerprint density at radius 3 is 2.83 bits per heavy atom. The zero-order chi connectivity index (χ0) is 13.4. The van der Waals surface area contributed by atoms with Gasteiger partial charge in [0, 0.05) is 12.1 Å². The second kappa shape index (κ2) is 7.01. The summed E-state index contributed by atoms with van der Waals surface area (Å²) in [4.78, 5) is 0. The van der Waals surface area contributed by atoms with Crippen LogP contribution in [0.1, 0.15) is 18.9 Å². The van der Waals surface area contributed by atoms with Gasteiger partial charge in [-0.3, -0.25) is 4.72 Å². The van der Waals surface area contributed by atoms with E-state index in [0.717, 1.165) is 12.0 Å². The van der Waals surface area contributed by atoms with Crippen LogP contribution in [0.3, 0.4) is 0 Å². The normalized spacial score (nSPS) is 10.6. The summed E-state index contributed by atoms with van der Waals surface area (Å²) >= 11 is 0. The van der Waals surface area contributed by atoms with Crippen LogP contribution in [0.15, 0.2) is 24.3 Å². The van der Waals surface area contributed by atoms with Gasteiger partial charge >= 0.3 is 0 Å². The third-order valence-corrected chi connectivity index (χ3v) is 3.08. The molecule has 0 unspecified atom stereocenters. The van der Waals surface area contributed by atoms with E-state index in [1.807, 2.05) is 6.92 Å². The predicted octanol–water partition coefficient (Wildman–Crippen LogP) is 0.653. The zero-order valence-electron chi connectivity index (χ0n) is 10.2. The quantitative estimate of drug-likeness (QED) is 0.685. The Morgan fingerprint density at radius 2 is 2.17 bits per heavy atom. The first-order valence-corrected chi connectivity index (χ1v) is 7.12. The highest BCUT2D eigenvalue weighted by molar-refractivity contribution is 7.90. The van der Waals surface area contributed by atoms with Crippen LogP contribution in [0.4, 0.5) is 5.69 Å². The van der Waals surface area contributed by atoms with Crippen molar-refractivity contribution < 1.29 is 8.42 Å². The topological polar surface area (TPSA) is 84.2 Å². The van der Waals surface area contributed by atoms with Crippen molar-refractivity contribution in [1.82, 2.24) is 4.72 Å². The Balaban J connectivity index is 2.79. The van der Waals surface area contributed by atoms with Crippen molar-refractivity contribution in [3.8, 4) is 11.8 Å². The van der Waals surface area contributed by atoms with Gasteiger partial charge in [0.1, 0.15) is 0 Å². The van der Waals surface area contributed by atoms with Gasteiger partial charge in [-0.25, -0.2) is 0 Å². The van der Waals surface area contributed by atoms with Gasteiger partial charge in [0.2, 0.25) is 0 Å². The molecule has 1 rings (SSSR count). The van der Waals surface area contributed by atoms with Gasteiger partial charge in [-0.1, -0.05) is 24.8 Å². The van der Waals surface area contributed by atoms with Crippen LogP contribution < -0.4 is 15.2 Å². The lowest BCUT2D eigenvalue weighted by Gasteiger charge is -2.08. The van der Waals surface area contributed by atoms with E-state index in [0.29, 0.717) is 12.2 Å². The van der Waals surface area contributed by atoms with E-state index in [2.05, 4.69) is 21.3 Å². The first-order valence-electron chi connectivity index (χ1n) is 5.64. The molecule has 4 N–H and O–H groups in total. The molecule has 0 saturated carbocycles. The Morgan fingerprint density at radius 1 is 1.39 bits per heavy atom. The van der Waals surface area contributed by atoms with Crippen molar-refractivity contribution in [2.45, 2.75) is 13.3 Å². The second-order valence-electron chi connectivity index (χ2n) is 3.59. The molecule has 0 heterocycles. The number of hydrogen-bond acceptors (Lipinski definition) is 3. The molecule has 1 aromatic carbocycles. The average Bonchev–Trinajstić information content (AvgIpc) is 2.34. The molecular formula is C12H17N3O2S. The molecule has 0 fully saturated rings. The van der Waals surface area contributed by atoms with Crippen LogP contribution in [-0.2, 0) is 10.2 Å². The maximum Gasteiger partial charge on any atom is 0.299 e. The number of nitrogens with one attached hydrogen (secondary N) is 2. The highest BCUT2D eigenvalue weighted by Crippen LogP contribution is 2.10. The van der Waals surface area contributed by atoms with E-state index >= 15 is 0 Å². The zero-order valence-corrected chi connectivity index (χ0v) is 11.0. The van der Waals surface area contributed by atoms with Crippen molar-refractivity contribution in [2.75, 3.05) is 17.8 Å². The monoisotopic (exact) mass is 267 g/mol. The molecule has 18 heavy (non-hydrogen) atoms. The van der Waals surface area contributed by atoms with Crippen LogP contribution in [0.5, 0.6) is 0 Å². The fourth-order valence-electron chi connectivity index (χ4n) is 1.24. The predicted molar refractivity (Wildman–Crippen MR) is 73.2 cm³/mol. The highest BCUT2D eigenvalue weighted by Gasteiger charge is 2.07. The fourth-order valence-corrected chi connectivity index (χ4v) is 2.22. The van der Waals surface area contributed by atoms with E-state index in [1.165, 1.54) is 0 Å². The summed E-state index contributed by atoms with van der Waals surface area (Å²) in [6.45, 7) is 2.57. The highest BCUT2D eigenvalue weighted by atomic mass is 32.2. The minimum Gasteiger partial charge on any atom is -0.320 e. The van der Waals surface area contributed by atoms with Gasteiger partial charge in [-0.05, 0) is 24.6 Å². The largest absolute Gasteiger partial charge is 0.320 e. The van der Waals surface area contributed by atoms with Crippen LogP contribution in [-0.4, -0.2) is 21.5 Å². The molecule has 5 nitrogen and oxygen atoms in total. The molecule has 0 bridgehead atoms. The second-order valence-corrected chi connectivity index (χ2v) is 5.09.